The van der Waals surface area contributed by atoms with Gasteiger partial charge in [-0.15, -0.1) is 11.8 Å². The minimum Gasteiger partial charge on any atom is -0.548 e. The number of hydrogen-bond donors (Lipinski definition) is 3. The molecule has 3 aliphatic rings. The van der Waals surface area contributed by atoms with Crippen LogP contribution in [0.15, 0.2) is 30.3 Å². The molecule has 6 amide bonds. The molecule has 0 bridgehead atoms. The third-order valence-electron chi connectivity index (χ3n) is 5.73. The Bertz CT molecular complexity index is 992. The number of benzene rings is 1. The first-order valence-electron chi connectivity index (χ1n) is 10.0. The summed E-state index contributed by atoms with van der Waals surface area (Å²) in [5.41, 5.74) is 0.466. The van der Waals surface area contributed by atoms with Gasteiger partial charge in [-0.2, -0.15) is 0 Å². The van der Waals surface area contributed by atoms with Crippen LogP contribution in [0, 0.1) is 0 Å². The third-order valence-corrected chi connectivity index (χ3v) is 7.30. The number of aliphatic carboxylic acids is 1. The van der Waals surface area contributed by atoms with E-state index in [1.54, 1.807) is 44.2 Å². The van der Waals surface area contributed by atoms with Gasteiger partial charge in [-0.3, -0.25) is 9.59 Å². The van der Waals surface area contributed by atoms with E-state index < -0.39 is 58.1 Å². The van der Waals surface area contributed by atoms with Gasteiger partial charge in [0.1, 0.15) is 17.5 Å². The van der Waals surface area contributed by atoms with Crippen LogP contribution in [0.2, 0.25) is 0 Å². The Morgan fingerprint density at radius 3 is 2.45 bits per heavy atom. The summed E-state index contributed by atoms with van der Waals surface area (Å²) in [5.74, 6) is -2.51. The number of fused-ring (bicyclic) bond motifs is 1. The average Bonchev–Trinajstić information content (AvgIpc) is 3.29. The van der Waals surface area contributed by atoms with Crippen molar-refractivity contribution >= 4 is 41.6 Å². The summed E-state index contributed by atoms with van der Waals surface area (Å²) in [6.07, 6.45) is 0. The summed E-state index contributed by atoms with van der Waals surface area (Å²) >= 11 is 1.27. The number of carbonyl (C=O) groups excluding carboxylic acids is 5. The van der Waals surface area contributed by atoms with Crippen LogP contribution in [-0.4, -0.2) is 74.9 Å². The number of β-lactam (4-membered cyclic amide) rings is 1. The molecule has 13 heteroatoms. The van der Waals surface area contributed by atoms with E-state index in [-0.39, 0.29) is 36.1 Å². The topological polar surface area (TPSA) is 151 Å². The first kappa shape index (κ1) is 25.3. The SMILES string of the molecule is CC1(C)SC2[C@H](NC(=O)C(NC(=O)N3CCNC3=O)c3ccccc3)C(=O)N2C1C(=O)[O-].[Na+]. The molecule has 33 heavy (non-hydrogen) atoms. The predicted octanol–water partition coefficient (Wildman–Crippen LogP) is -4.24. The van der Waals surface area contributed by atoms with Crippen LogP contribution in [0.25, 0.3) is 0 Å². The molecular weight excluding hydrogens is 461 g/mol. The minimum atomic E-state index is -1.35. The molecule has 3 saturated heterocycles. The zero-order valence-corrected chi connectivity index (χ0v) is 21.2. The van der Waals surface area contributed by atoms with E-state index >= 15 is 0 Å². The number of nitrogens with zero attached hydrogens (tertiary/aromatic N) is 2. The Balaban J connectivity index is 0.00000306. The standard InChI is InChI=1S/C20H23N5O6S.Na/c1-20(2)13(17(28)29)25-15(27)12(16(25)32-20)22-14(26)11(10-6-4-3-5-7-10)23-19(31)24-9-8-21-18(24)30;/h3-7,11-13,16H,8-9H2,1-2H3,(H,21,30)(H,22,26)(H,23,31)(H,28,29);/q;+1/p-1/t11?,12-,13?,16?;/m1./s1. The van der Waals surface area contributed by atoms with Crippen molar-refractivity contribution < 1.29 is 58.6 Å². The van der Waals surface area contributed by atoms with Crippen LogP contribution in [0.1, 0.15) is 25.5 Å². The van der Waals surface area contributed by atoms with Crippen LogP contribution in [0.3, 0.4) is 0 Å². The van der Waals surface area contributed by atoms with Gasteiger partial charge in [0.2, 0.25) is 11.8 Å². The molecule has 0 saturated carbocycles. The summed E-state index contributed by atoms with van der Waals surface area (Å²) in [4.78, 5) is 63.9. The largest absolute Gasteiger partial charge is 1.00 e. The van der Waals surface area contributed by atoms with E-state index in [9.17, 15) is 29.1 Å². The summed E-state index contributed by atoms with van der Waals surface area (Å²) in [7, 11) is 0. The van der Waals surface area contributed by atoms with Crippen molar-refractivity contribution in [1.82, 2.24) is 25.8 Å². The van der Waals surface area contributed by atoms with Gasteiger partial charge >= 0.3 is 41.6 Å². The normalized spacial score (nSPS) is 25.8. The van der Waals surface area contributed by atoms with Crippen LogP contribution >= 0.6 is 11.8 Å². The fourth-order valence-electron chi connectivity index (χ4n) is 4.18. The number of carbonyl (C=O) groups is 5. The van der Waals surface area contributed by atoms with Crippen LogP contribution in [0.5, 0.6) is 0 Å². The predicted molar refractivity (Wildman–Crippen MR) is 111 cm³/mol. The Labute approximate surface area is 216 Å². The van der Waals surface area contributed by atoms with E-state index in [0.29, 0.717) is 12.1 Å². The maximum Gasteiger partial charge on any atom is 1.00 e. The fourth-order valence-corrected chi connectivity index (χ4v) is 5.80. The Morgan fingerprint density at radius 2 is 1.88 bits per heavy atom. The molecule has 170 valence electrons. The van der Waals surface area contributed by atoms with Gasteiger partial charge in [0.05, 0.1) is 12.0 Å². The van der Waals surface area contributed by atoms with Crippen molar-refractivity contribution in [2.24, 2.45) is 0 Å². The molecule has 4 rings (SSSR count). The summed E-state index contributed by atoms with van der Waals surface area (Å²) in [5, 5.41) is 18.7. The van der Waals surface area contributed by atoms with Gasteiger partial charge in [-0.1, -0.05) is 30.3 Å². The number of rotatable bonds is 5. The van der Waals surface area contributed by atoms with Gasteiger partial charge in [0.25, 0.3) is 0 Å². The monoisotopic (exact) mass is 483 g/mol. The molecule has 0 radical (unpaired) electrons. The molecule has 0 aromatic heterocycles. The zero-order chi connectivity index (χ0) is 23.2. The van der Waals surface area contributed by atoms with Gasteiger partial charge in [0, 0.05) is 17.8 Å². The van der Waals surface area contributed by atoms with E-state index in [1.165, 1.54) is 16.7 Å². The number of nitrogens with one attached hydrogen (secondary N) is 3. The van der Waals surface area contributed by atoms with Crippen molar-refractivity contribution in [1.29, 1.82) is 0 Å². The average molecular weight is 483 g/mol. The van der Waals surface area contributed by atoms with Gasteiger partial charge in [0.15, 0.2) is 0 Å². The van der Waals surface area contributed by atoms with Gasteiger partial charge in [-0.05, 0) is 19.4 Å². The molecule has 4 atom stereocenters. The second-order valence-electron chi connectivity index (χ2n) is 8.24. The summed E-state index contributed by atoms with van der Waals surface area (Å²) in [6.45, 7) is 3.89. The number of carboxylic acid groups (broad SMARTS) is 1. The van der Waals surface area contributed by atoms with Crippen LogP contribution < -0.4 is 50.6 Å². The maximum atomic E-state index is 13.1. The Hall–Kier alpha value is -2.28. The van der Waals surface area contributed by atoms with Crippen molar-refractivity contribution in [2.45, 2.75) is 42.1 Å². The zero-order valence-electron chi connectivity index (χ0n) is 18.4. The Morgan fingerprint density at radius 1 is 1.21 bits per heavy atom. The second-order valence-corrected chi connectivity index (χ2v) is 10.0. The van der Waals surface area contributed by atoms with E-state index in [2.05, 4.69) is 16.0 Å². The minimum absolute atomic E-state index is 0. The van der Waals surface area contributed by atoms with E-state index in [4.69, 9.17) is 0 Å². The second kappa shape index (κ2) is 9.53. The first-order valence-corrected chi connectivity index (χ1v) is 10.9. The third kappa shape index (κ3) is 4.57. The molecule has 3 N–H and O–H groups in total. The number of amides is 6. The van der Waals surface area contributed by atoms with Crippen molar-refractivity contribution in [2.75, 3.05) is 13.1 Å². The van der Waals surface area contributed by atoms with Crippen LogP contribution in [-0.2, 0) is 14.4 Å². The molecule has 1 aromatic rings. The molecule has 3 unspecified atom stereocenters. The van der Waals surface area contributed by atoms with Gasteiger partial charge in [-0.25, -0.2) is 14.5 Å². The van der Waals surface area contributed by atoms with Crippen LogP contribution in [0.4, 0.5) is 9.59 Å². The van der Waals surface area contributed by atoms with Gasteiger partial charge < -0.3 is 30.8 Å². The molecule has 0 aliphatic carbocycles. The molecule has 3 fully saturated rings. The molecule has 1 aromatic carbocycles. The number of urea groups is 2. The number of hydrogen-bond acceptors (Lipinski definition) is 7. The summed E-state index contributed by atoms with van der Waals surface area (Å²) in [6, 6.07) is 3.93. The molecule has 11 nitrogen and oxygen atoms in total. The number of thioether (sulfide) groups is 1. The number of imide groups is 1. The molecular formula is C20H22N5NaO6S. The fraction of sp³-hybridized carbons (Fsp3) is 0.450. The van der Waals surface area contributed by atoms with Crippen molar-refractivity contribution in [3.05, 3.63) is 35.9 Å². The molecule has 3 heterocycles. The van der Waals surface area contributed by atoms with E-state index in [1.807, 2.05) is 0 Å². The smallest absolute Gasteiger partial charge is 0.548 e. The van der Waals surface area contributed by atoms with E-state index in [0.717, 1.165) is 4.90 Å². The molecule has 0 spiro atoms. The van der Waals surface area contributed by atoms with Crippen molar-refractivity contribution in [3.8, 4) is 0 Å². The number of carboxylic acids is 1. The van der Waals surface area contributed by atoms with Crippen molar-refractivity contribution in [3.63, 3.8) is 0 Å². The maximum absolute atomic E-state index is 13.1. The quantitative estimate of drug-likeness (QED) is 0.284. The molecule has 3 aliphatic heterocycles. The Kier molecular flexibility index (Phi) is 7.32. The summed E-state index contributed by atoms with van der Waals surface area (Å²) < 4.78 is -0.783. The first-order chi connectivity index (χ1) is 15.1.